The number of carbonyl (C=O) groups excluding carboxylic acids is 2. The lowest BCUT2D eigenvalue weighted by Gasteiger charge is -2.25. The highest BCUT2D eigenvalue weighted by molar-refractivity contribution is 6.46. The minimum atomic E-state index is -0.636. The van der Waals surface area contributed by atoms with E-state index in [0.29, 0.717) is 18.7 Å². The SMILES string of the molecule is CCCCN1C(=O)C(=O)/C(=C(/O)c2cc(C)ccc2C)C1c1ccc(OCC)cc1. The molecule has 1 unspecified atom stereocenters. The average molecular weight is 408 g/mol. The molecule has 1 N–H and O–H groups in total. The van der Waals surface area contributed by atoms with E-state index in [-0.39, 0.29) is 11.3 Å². The molecular formula is C25H29NO4. The van der Waals surface area contributed by atoms with E-state index in [4.69, 9.17) is 4.74 Å². The molecule has 0 saturated carbocycles. The summed E-state index contributed by atoms with van der Waals surface area (Å²) >= 11 is 0. The van der Waals surface area contributed by atoms with Crippen molar-refractivity contribution < 1.29 is 19.4 Å². The summed E-state index contributed by atoms with van der Waals surface area (Å²) in [7, 11) is 0. The van der Waals surface area contributed by atoms with Crippen LogP contribution in [0.25, 0.3) is 5.76 Å². The predicted octanol–water partition coefficient (Wildman–Crippen LogP) is 4.92. The molecule has 0 bridgehead atoms. The summed E-state index contributed by atoms with van der Waals surface area (Å²) in [6.45, 7) is 8.79. The highest BCUT2D eigenvalue weighted by Gasteiger charge is 2.45. The maximum atomic E-state index is 13.0. The molecule has 5 nitrogen and oxygen atoms in total. The van der Waals surface area contributed by atoms with E-state index in [1.165, 1.54) is 0 Å². The van der Waals surface area contributed by atoms with Gasteiger partial charge in [0.2, 0.25) is 0 Å². The monoisotopic (exact) mass is 407 g/mol. The van der Waals surface area contributed by atoms with E-state index in [0.717, 1.165) is 35.3 Å². The number of aryl methyl sites for hydroxylation is 2. The number of hydrogen-bond acceptors (Lipinski definition) is 4. The lowest BCUT2D eigenvalue weighted by Crippen LogP contribution is -2.30. The highest BCUT2D eigenvalue weighted by Crippen LogP contribution is 2.40. The number of amides is 1. The van der Waals surface area contributed by atoms with Gasteiger partial charge in [0.15, 0.2) is 0 Å². The minimum absolute atomic E-state index is 0.118. The van der Waals surface area contributed by atoms with Crippen molar-refractivity contribution in [3.8, 4) is 5.75 Å². The molecule has 158 valence electrons. The van der Waals surface area contributed by atoms with Gasteiger partial charge in [-0.1, -0.05) is 43.2 Å². The first kappa shape index (κ1) is 21.6. The second kappa shape index (κ2) is 9.16. The van der Waals surface area contributed by atoms with Crippen LogP contribution in [0, 0.1) is 13.8 Å². The summed E-state index contributed by atoms with van der Waals surface area (Å²) in [5.74, 6) is -0.591. The first-order chi connectivity index (χ1) is 14.4. The number of unbranched alkanes of at least 4 members (excludes halogenated alkanes) is 1. The van der Waals surface area contributed by atoms with Gasteiger partial charge in [0, 0.05) is 12.1 Å². The molecule has 1 amide bonds. The summed E-state index contributed by atoms with van der Waals surface area (Å²) in [5, 5.41) is 11.2. The van der Waals surface area contributed by atoms with Crippen LogP contribution in [0.15, 0.2) is 48.0 Å². The summed E-state index contributed by atoms with van der Waals surface area (Å²) in [5.41, 5.74) is 3.33. The second-order valence-corrected chi connectivity index (χ2v) is 7.67. The number of aliphatic hydroxyl groups is 1. The number of ether oxygens (including phenoxy) is 1. The molecule has 1 saturated heterocycles. The number of benzene rings is 2. The fourth-order valence-electron chi connectivity index (χ4n) is 3.83. The van der Waals surface area contributed by atoms with Gasteiger partial charge in [-0.2, -0.15) is 0 Å². The van der Waals surface area contributed by atoms with Gasteiger partial charge in [-0.3, -0.25) is 9.59 Å². The number of ketones is 1. The standard InChI is InChI=1S/C25H29NO4/c1-5-7-14-26-22(18-10-12-19(13-11-18)30-6-2)21(24(28)25(26)29)23(27)20-15-16(3)8-9-17(20)4/h8-13,15,22,27H,5-7,14H2,1-4H3/b23-21+. The number of likely N-dealkylation sites (tertiary alicyclic amines) is 1. The van der Waals surface area contributed by atoms with E-state index >= 15 is 0 Å². The van der Waals surface area contributed by atoms with Crippen LogP contribution < -0.4 is 4.74 Å². The average Bonchev–Trinajstić information content (AvgIpc) is 2.99. The zero-order chi connectivity index (χ0) is 21.8. The molecular weight excluding hydrogens is 378 g/mol. The third-order valence-corrected chi connectivity index (χ3v) is 5.45. The fourth-order valence-corrected chi connectivity index (χ4v) is 3.83. The number of carbonyl (C=O) groups is 2. The summed E-state index contributed by atoms with van der Waals surface area (Å²) < 4.78 is 5.52. The third kappa shape index (κ3) is 4.11. The molecule has 1 heterocycles. The Morgan fingerprint density at radius 1 is 1.07 bits per heavy atom. The molecule has 1 aliphatic rings. The molecule has 30 heavy (non-hydrogen) atoms. The summed E-state index contributed by atoms with van der Waals surface area (Å²) in [6, 6.07) is 12.5. The normalized spacial score (nSPS) is 18.1. The van der Waals surface area contributed by atoms with Crippen LogP contribution in [0.5, 0.6) is 5.75 Å². The molecule has 0 aromatic heterocycles. The van der Waals surface area contributed by atoms with Gasteiger partial charge in [-0.15, -0.1) is 0 Å². The Kier molecular flexibility index (Phi) is 6.60. The van der Waals surface area contributed by atoms with Crippen LogP contribution in [0.4, 0.5) is 0 Å². The Labute approximate surface area is 178 Å². The zero-order valence-electron chi connectivity index (χ0n) is 18.1. The van der Waals surface area contributed by atoms with Crippen molar-refractivity contribution in [3.05, 3.63) is 70.3 Å². The van der Waals surface area contributed by atoms with Crippen molar-refractivity contribution in [1.29, 1.82) is 0 Å². The fraction of sp³-hybridized carbons (Fsp3) is 0.360. The molecule has 5 heteroatoms. The van der Waals surface area contributed by atoms with Gasteiger partial charge in [0.05, 0.1) is 18.2 Å². The largest absolute Gasteiger partial charge is 0.507 e. The van der Waals surface area contributed by atoms with Gasteiger partial charge in [0.25, 0.3) is 11.7 Å². The molecule has 1 atom stereocenters. The van der Waals surface area contributed by atoms with E-state index < -0.39 is 17.7 Å². The van der Waals surface area contributed by atoms with Crippen molar-refractivity contribution in [2.75, 3.05) is 13.2 Å². The Morgan fingerprint density at radius 2 is 1.77 bits per heavy atom. The zero-order valence-corrected chi connectivity index (χ0v) is 18.1. The number of rotatable bonds is 7. The lowest BCUT2D eigenvalue weighted by atomic mass is 9.93. The van der Waals surface area contributed by atoms with Gasteiger partial charge >= 0.3 is 0 Å². The van der Waals surface area contributed by atoms with Gasteiger partial charge < -0.3 is 14.7 Å². The van der Waals surface area contributed by atoms with E-state index in [2.05, 4.69) is 0 Å². The van der Waals surface area contributed by atoms with Crippen LogP contribution in [-0.2, 0) is 9.59 Å². The van der Waals surface area contributed by atoms with E-state index in [9.17, 15) is 14.7 Å². The van der Waals surface area contributed by atoms with Crippen LogP contribution >= 0.6 is 0 Å². The first-order valence-corrected chi connectivity index (χ1v) is 10.5. The number of Topliss-reactive ketones (excluding diaryl/α,β-unsaturated/α-hetero) is 1. The maximum absolute atomic E-state index is 13.0. The Balaban J connectivity index is 2.16. The molecule has 1 aliphatic heterocycles. The minimum Gasteiger partial charge on any atom is -0.507 e. The van der Waals surface area contributed by atoms with Crippen LogP contribution in [0.2, 0.25) is 0 Å². The third-order valence-electron chi connectivity index (χ3n) is 5.45. The number of aliphatic hydroxyl groups excluding tert-OH is 1. The Bertz CT molecular complexity index is 975. The van der Waals surface area contributed by atoms with Crippen LogP contribution in [0.1, 0.15) is 55.0 Å². The predicted molar refractivity (Wildman–Crippen MR) is 117 cm³/mol. The molecule has 1 fully saturated rings. The molecule has 2 aromatic rings. The molecule has 3 rings (SSSR count). The van der Waals surface area contributed by atoms with Crippen molar-refractivity contribution in [3.63, 3.8) is 0 Å². The topological polar surface area (TPSA) is 66.8 Å². The first-order valence-electron chi connectivity index (χ1n) is 10.5. The lowest BCUT2D eigenvalue weighted by molar-refractivity contribution is -0.139. The van der Waals surface area contributed by atoms with Crippen LogP contribution in [0.3, 0.4) is 0 Å². The van der Waals surface area contributed by atoms with Gasteiger partial charge in [-0.25, -0.2) is 0 Å². The maximum Gasteiger partial charge on any atom is 0.295 e. The molecule has 0 radical (unpaired) electrons. The van der Waals surface area contributed by atoms with E-state index in [1.807, 2.05) is 70.2 Å². The molecule has 0 aliphatic carbocycles. The van der Waals surface area contributed by atoms with Gasteiger partial charge in [0.1, 0.15) is 11.5 Å². The molecule has 0 spiro atoms. The number of hydrogen-bond donors (Lipinski definition) is 1. The number of nitrogens with zero attached hydrogens (tertiary/aromatic N) is 1. The summed E-state index contributed by atoms with van der Waals surface area (Å²) in [4.78, 5) is 27.5. The van der Waals surface area contributed by atoms with Crippen molar-refractivity contribution >= 4 is 17.4 Å². The second-order valence-electron chi connectivity index (χ2n) is 7.67. The highest BCUT2D eigenvalue weighted by atomic mass is 16.5. The van der Waals surface area contributed by atoms with E-state index in [1.54, 1.807) is 4.90 Å². The van der Waals surface area contributed by atoms with Crippen molar-refractivity contribution in [2.45, 2.75) is 46.6 Å². The summed E-state index contributed by atoms with van der Waals surface area (Å²) in [6.07, 6.45) is 1.68. The smallest absolute Gasteiger partial charge is 0.295 e. The quantitative estimate of drug-likeness (QED) is 0.402. The van der Waals surface area contributed by atoms with Crippen molar-refractivity contribution in [2.24, 2.45) is 0 Å². The Hall–Kier alpha value is -3.08. The van der Waals surface area contributed by atoms with Gasteiger partial charge in [-0.05, 0) is 56.5 Å². The van der Waals surface area contributed by atoms with Crippen LogP contribution in [-0.4, -0.2) is 34.8 Å². The van der Waals surface area contributed by atoms with Crippen molar-refractivity contribution in [1.82, 2.24) is 4.90 Å². The Morgan fingerprint density at radius 3 is 2.40 bits per heavy atom. The molecule has 2 aromatic carbocycles.